The van der Waals surface area contributed by atoms with E-state index in [1.165, 1.54) is 11.3 Å². The van der Waals surface area contributed by atoms with Crippen LogP contribution in [0.5, 0.6) is 0 Å². The van der Waals surface area contributed by atoms with Gasteiger partial charge in [0.15, 0.2) is 11.0 Å². The van der Waals surface area contributed by atoms with Crippen LogP contribution >= 0.6 is 11.3 Å². The van der Waals surface area contributed by atoms with E-state index in [-0.39, 0.29) is 18.4 Å². The number of para-hydroxylation sites is 1. The molecule has 0 fully saturated rings. The molecule has 7 nitrogen and oxygen atoms in total. The molecule has 1 aromatic carbocycles. The number of carbonyl (C=O) groups excluding carboxylic acids is 1. The maximum atomic E-state index is 12.4. The van der Waals surface area contributed by atoms with Crippen LogP contribution in [0.4, 0.5) is 5.13 Å². The van der Waals surface area contributed by atoms with E-state index in [1.54, 1.807) is 19.1 Å². The Labute approximate surface area is 143 Å². The molecule has 0 aliphatic rings. The van der Waals surface area contributed by atoms with Gasteiger partial charge in [0.25, 0.3) is 0 Å². The average Bonchev–Trinajstić information content (AvgIpc) is 3.24. The van der Waals surface area contributed by atoms with Crippen LogP contribution in [-0.2, 0) is 16.0 Å². The summed E-state index contributed by atoms with van der Waals surface area (Å²) in [6.45, 7) is 1.83. The molecule has 0 radical (unpaired) electrons. The van der Waals surface area contributed by atoms with Gasteiger partial charge < -0.3 is 9.26 Å². The highest BCUT2D eigenvalue weighted by Gasteiger charge is 2.18. The molecule has 2 heterocycles. The maximum Gasteiger partial charge on any atom is 0.229 e. The van der Waals surface area contributed by atoms with Crippen molar-refractivity contribution < 1.29 is 14.1 Å². The smallest absolute Gasteiger partial charge is 0.229 e. The van der Waals surface area contributed by atoms with E-state index < -0.39 is 0 Å². The van der Waals surface area contributed by atoms with Crippen LogP contribution in [0.25, 0.3) is 10.2 Å². The summed E-state index contributed by atoms with van der Waals surface area (Å²) in [5.41, 5.74) is 0.896. The molecule has 126 valence electrons. The lowest BCUT2D eigenvalue weighted by Crippen LogP contribution is -2.26. The number of hydrogen-bond acceptors (Lipinski definition) is 7. The van der Waals surface area contributed by atoms with Crippen molar-refractivity contribution in [1.82, 2.24) is 15.1 Å². The number of nitrogens with zero attached hydrogens (tertiary/aromatic N) is 4. The van der Waals surface area contributed by atoms with Gasteiger partial charge in [0.05, 0.1) is 10.2 Å². The first-order chi connectivity index (χ1) is 11.6. The van der Waals surface area contributed by atoms with Crippen LogP contribution in [0, 0.1) is 0 Å². The lowest BCUT2D eigenvalue weighted by molar-refractivity contribution is -0.118. The number of anilines is 1. The molecule has 3 rings (SSSR count). The molecule has 0 N–H and O–H groups in total. The lowest BCUT2D eigenvalue weighted by Gasteiger charge is -2.12. The first kappa shape index (κ1) is 16.5. The third kappa shape index (κ3) is 3.44. The van der Waals surface area contributed by atoms with E-state index in [0.717, 1.165) is 10.2 Å². The molecule has 0 aliphatic heterocycles. The van der Waals surface area contributed by atoms with E-state index in [9.17, 15) is 4.79 Å². The van der Waals surface area contributed by atoms with Gasteiger partial charge in [-0.05, 0) is 19.1 Å². The second-order valence-electron chi connectivity index (χ2n) is 5.34. The SMILES string of the molecule is COC(C)c1noc(CCC(=O)N(C)c2nc3ccccc3s2)n1. The van der Waals surface area contributed by atoms with Crippen molar-refractivity contribution in [3.05, 3.63) is 36.0 Å². The molecule has 0 aliphatic carbocycles. The first-order valence-corrected chi connectivity index (χ1v) is 8.37. The number of aryl methyl sites for hydroxylation is 1. The Morgan fingerprint density at radius 2 is 2.17 bits per heavy atom. The zero-order chi connectivity index (χ0) is 17.1. The standard InChI is InChI=1S/C16H18N4O3S/c1-10(22-3)15-18-13(23-19-15)8-9-14(21)20(2)16-17-11-6-4-5-7-12(11)24-16/h4-7,10H,8-9H2,1-3H3. The van der Waals surface area contributed by atoms with E-state index in [2.05, 4.69) is 15.1 Å². The minimum atomic E-state index is -0.233. The topological polar surface area (TPSA) is 81.4 Å². The highest BCUT2D eigenvalue weighted by Crippen LogP contribution is 2.28. The van der Waals surface area contributed by atoms with Crippen LogP contribution < -0.4 is 4.90 Å². The van der Waals surface area contributed by atoms with Crippen molar-refractivity contribution in [2.75, 3.05) is 19.1 Å². The van der Waals surface area contributed by atoms with Crippen LogP contribution in [-0.4, -0.2) is 35.2 Å². The van der Waals surface area contributed by atoms with E-state index >= 15 is 0 Å². The van der Waals surface area contributed by atoms with Gasteiger partial charge >= 0.3 is 0 Å². The molecule has 0 bridgehead atoms. The van der Waals surface area contributed by atoms with Gasteiger partial charge in [-0.15, -0.1) is 0 Å². The molecule has 1 unspecified atom stereocenters. The number of hydrogen-bond donors (Lipinski definition) is 0. The zero-order valence-electron chi connectivity index (χ0n) is 13.7. The fraction of sp³-hybridized carbons (Fsp3) is 0.375. The number of aromatic nitrogens is 3. The summed E-state index contributed by atoms with van der Waals surface area (Å²) in [6.07, 6.45) is 0.427. The number of fused-ring (bicyclic) bond motifs is 1. The third-order valence-electron chi connectivity index (χ3n) is 3.70. The largest absolute Gasteiger partial charge is 0.374 e. The van der Waals surface area contributed by atoms with Crippen LogP contribution in [0.2, 0.25) is 0 Å². The minimum absolute atomic E-state index is 0.0476. The van der Waals surface area contributed by atoms with Crippen molar-refractivity contribution in [2.45, 2.75) is 25.9 Å². The van der Waals surface area contributed by atoms with Gasteiger partial charge in [0.1, 0.15) is 6.10 Å². The summed E-state index contributed by atoms with van der Waals surface area (Å²) in [7, 11) is 3.31. The van der Waals surface area contributed by atoms with Crippen LogP contribution in [0.15, 0.2) is 28.8 Å². The summed E-state index contributed by atoms with van der Waals surface area (Å²) in [5, 5.41) is 4.53. The van der Waals surface area contributed by atoms with E-state index in [4.69, 9.17) is 9.26 Å². The van der Waals surface area contributed by atoms with Crippen molar-refractivity contribution in [1.29, 1.82) is 0 Å². The summed E-state index contributed by atoms with van der Waals surface area (Å²) in [6, 6.07) is 7.82. The van der Waals surface area contributed by atoms with Gasteiger partial charge in [-0.2, -0.15) is 4.98 Å². The molecular weight excluding hydrogens is 328 g/mol. The highest BCUT2D eigenvalue weighted by molar-refractivity contribution is 7.22. The molecule has 2 aromatic heterocycles. The zero-order valence-corrected chi connectivity index (χ0v) is 14.5. The quantitative estimate of drug-likeness (QED) is 0.682. The lowest BCUT2D eigenvalue weighted by atomic mass is 10.3. The fourth-order valence-electron chi connectivity index (χ4n) is 2.13. The number of amides is 1. The maximum absolute atomic E-state index is 12.4. The van der Waals surface area contributed by atoms with Gasteiger partial charge in [0, 0.05) is 27.0 Å². The number of rotatable bonds is 6. The summed E-state index contributed by atoms with van der Waals surface area (Å²) < 4.78 is 11.3. The number of thiazole rings is 1. The number of ether oxygens (including phenoxy) is 1. The normalized spacial score (nSPS) is 12.5. The van der Waals surface area contributed by atoms with E-state index in [0.29, 0.717) is 23.3 Å². The first-order valence-electron chi connectivity index (χ1n) is 7.56. The van der Waals surface area contributed by atoms with Crippen molar-refractivity contribution >= 4 is 32.6 Å². The van der Waals surface area contributed by atoms with Gasteiger partial charge in [-0.3, -0.25) is 9.69 Å². The second kappa shape index (κ2) is 7.06. The molecule has 0 spiro atoms. The molecule has 3 aromatic rings. The van der Waals surface area contributed by atoms with Crippen molar-refractivity contribution in [2.24, 2.45) is 0 Å². The highest BCUT2D eigenvalue weighted by atomic mass is 32.1. The third-order valence-corrected chi connectivity index (χ3v) is 4.81. The molecule has 1 atom stereocenters. The number of methoxy groups -OCH3 is 1. The molecule has 0 saturated carbocycles. The second-order valence-corrected chi connectivity index (χ2v) is 6.35. The van der Waals surface area contributed by atoms with Gasteiger partial charge in [-0.1, -0.05) is 28.6 Å². The predicted octanol–water partition coefficient (Wildman–Crippen LogP) is 2.98. The average molecular weight is 346 g/mol. The number of carbonyl (C=O) groups is 1. The molecule has 0 saturated heterocycles. The Balaban J connectivity index is 1.62. The molecule has 24 heavy (non-hydrogen) atoms. The van der Waals surface area contributed by atoms with Crippen molar-refractivity contribution in [3.63, 3.8) is 0 Å². The molecule has 8 heteroatoms. The Hall–Kier alpha value is -2.32. The molecule has 1 amide bonds. The monoisotopic (exact) mass is 346 g/mol. The van der Waals surface area contributed by atoms with Crippen LogP contribution in [0.1, 0.15) is 31.2 Å². The van der Waals surface area contributed by atoms with E-state index in [1.807, 2.05) is 31.2 Å². The fourth-order valence-corrected chi connectivity index (χ4v) is 3.08. The van der Waals surface area contributed by atoms with Gasteiger partial charge in [-0.25, -0.2) is 4.98 Å². The summed E-state index contributed by atoms with van der Waals surface area (Å²) in [4.78, 5) is 22.7. The Kier molecular flexibility index (Phi) is 4.86. The predicted molar refractivity (Wildman–Crippen MR) is 91.1 cm³/mol. The Morgan fingerprint density at radius 3 is 2.92 bits per heavy atom. The van der Waals surface area contributed by atoms with Gasteiger partial charge in [0.2, 0.25) is 11.8 Å². The number of benzene rings is 1. The molecular formula is C16H18N4O3S. The Morgan fingerprint density at radius 1 is 1.38 bits per heavy atom. The summed E-state index contributed by atoms with van der Waals surface area (Å²) in [5.74, 6) is 0.869. The van der Waals surface area contributed by atoms with Crippen molar-refractivity contribution in [3.8, 4) is 0 Å². The minimum Gasteiger partial charge on any atom is -0.374 e. The van der Waals surface area contributed by atoms with Crippen LogP contribution in [0.3, 0.4) is 0 Å². The summed E-state index contributed by atoms with van der Waals surface area (Å²) >= 11 is 1.49. The Bertz CT molecular complexity index is 812.